The van der Waals surface area contributed by atoms with Crippen molar-refractivity contribution < 1.29 is 14.6 Å². The zero-order valence-electron chi connectivity index (χ0n) is 22.0. The number of aliphatic hydroxyl groups is 1. The summed E-state index contributed by atoms with van der Waals surface area (Å²) in [5.74, 6) is 0.789. The molecule has 36 heavy (non-hydrogen) atoms. The van der Waals surface area contributed by atoms with Crippen LogP contribution in [0.25, 0.3) is 0 Å². The molecular formula is C28H41N5O3. The number of fused-ring (bicyclic) bond motifs is 1. The van der Waals surface area contributed by atoms with Gasteiger partial charge in [-0.05, 0) is 70.3 Å². The first kappa shape index (κ1) is 25.2. The molecule has 0 bridgehead atoms. The van der Waals surface area contributed by atoms with Crippen LogP contribution in [0.3, 0.4) is 0 Å². The van der Waals surface area contributed by atoms with E-state index < -0.39 is 6.10 Å². The SMILES string of the molecule is COc1cccc(Cn2nc(C(=O)N3CCCC(O)C3)c3c2CCN(C2CCN(C(C)C)CC2)C3)c1. The molecule has 0 saturated carbocycles. The summed E-state index contributed by atoms with van der Waals surface area (Å²) >= 11 is 0. The second-order valence-corrected chi connectivity index (χ2v) is 10.9. The lowest BCUT2D eigenvalue weighted by atomic mass is 9.97. The molecule has 0 spiro atoms. The predicted octanol–water partition coefficient (Wildman–Crippen LogP) is 2.77. The zero-order valence-corrected chi connectivity index (χ0v) is 22.0. The van der Waals surface area contributed by atoms with Gasteiger partial charge < -0.3 is 19.6 Å². The maximum atomic E-state index is 13.7. The Morgan fingerprint density at radius 2 is 1.97 bits per heavy atom. The highest BCUT2D eigenvalue weighted by atomic mass is 16.5. The summed E-state index contributed by atoms with van der Waals surface area (Å²) in [6, 6.07) is 9.20. The van der Waals surface area contributed by atoms with E-state index in [1.165, 1.54) is 18.5 Å². The molecule has 1 amide bonds. The van der Waals surface area contributed by atoms with Crippen LogP contribution in [0.5, 0.6) is 5.75 Å². The van der Waals surface area contributed by atoms with Crippen molar-refractivity contribution in [3.05, 3.63) is 46.8 Å². The van der Waals surface area contributed by atoms with E-state index in [0.29, 0.717) is 37.4 Å². The third-order valence-corrected chi connectivity index (χ3v) is 8.26. The van der Waals surface area contributed by atoms with Crippen LogP contribution in [0.4, 0.5) is 0 Å². The Morgan fingerprint density at radius 1 is 1.17 bits per heavy atom. The number of aromatic nitrogens is 2. The molecule has 196 valence electrons. The molecule has 0 radical (unpaired) electrons. The fraction of sp³-hybridized carbons (Fsp3) is 0.643. The molecule has 2 fully saturated rings. The number of piperidine rings is 2. The highest BCUT2D eigenvalue weighted by Gasteiger charge is 2.35. The van der Waals surface area contributed by atoms with E-state index in [1.807, 2.05) is 22.9 Å². The Kier molecular flexibility index (Phi) is 7.65. The lowest BCUT2D eigenvalue weighted by molar-refractivity contribution is 0.0464. The minimum Gasteiger partial charge on any atom is -0.497 e. The first-order chi connectivity index (χ1) is 17.4. The first-order valence-electron chi connectivity index (χ1n) is 13.6. The molecule has 2 aromatic rings. The normalized spacial score (nSPS) is 22.1. The summed E-state index contributed by atoms with van der Waals surface area (Å²) in [6.45, 7) is 10.3. The lowest BCUT2D eigenvalue weighted by Gasteiger charge is -2.41. The fourth-order valence-corrected chi connectivity index (χ4v) is 6.13. The topological polar surface area (TPSA) is 74.1 Å². The number of nitrogens with zero attached hydrogens (tertiary/aromatic N) is 5. The molecule has 4 heterocycles. The summed E-state index contributed by atoms with van der Waals surface area (Å²) in [5.41, 5.74) is 3.94. The standard InChI is InChI=1S/C28H41N5O3/c1-20(2)30-13-9-22(10-14-30)31-15-11-26-25(19-31)27(28(35)32-12-5-7-23(34)18-32)29-33(26)17-21-6-4-8-24(16-21)36-3/h4,6,8,16,20,22-23,34H,5,7,9-15,17-19H2,1-3H3. The molecule has 0 aliphatic carbocycles. The Bertz CT molecular complexity index is 1060. The van der Waals surface area contributed by atoms with Gasteiger partial charge in [0.1, 0.15) is 5.75 Å². The number of β-amino-alcohol motifs (C(OH)–C–C–N with tert-alkyl or cyclic N) is 1. The largest absolute Gasteiger partial charge is 0.497 e. The highest BCUT2D eigenvalue weighted by molar-refractivity contribution is 5.94. The van der Waals surface area contributed by atoms with Crippen LogP contribution in [0.15, 0.2) is 24.3 Å². The average Bonchev–Trinajstić information content (AvgIpc) is 3.25. The van der Waals surface area contributed by atoms with Crippen LogP contribution in [0.1, 0.15) is 66.8 Å². The molecule has 3 aliphatic heterocycles. The number of carbonyl (C=O) groups is 1. The van der Waals surface area contributed by atoms with Gasteiger partial charge in [-0.15, -0.1) is 0 Å². The molecule has 3 aliphatic rings. The average molecular weight is 496 g/mol. The van der Waals surface area contributed by atoms with Crippen molar-refractivity contribution in [1.29, 1.82) is 0 Å². The minimum atomic E-state index is -0.444. The number of amides is 1. The Morgan fingerprint density at radius 3 is 2.69 bits per heavy atom. The van der Waals surface area contributed by atoms with E-state index in [2.05, 4.69) is 29.7 Å². The molecule has 1 unspecified atom stereocenters. The number of aliphatic hydroxyl groups excluding tert-OH is 1. The highest BCUT2D eigenvalue weighted by Crippen LogP contribution is 2.30. The number of ether oxygens (including phenoxy) is 1. The first-order valence-corrected chi connectivity index (χ1v) is 13.6. The number of likely N-dealkylation sites (tertiary alicyclic amines) is 2. The fourth-order valence-electron chi connectivity index (χ4n) is 6.13. The van der Waals surface area contributed by atoms with E-state index in [0.717, 1.165) is 62.3 Å². The van der Waals surface area contributed by atoms with Crippen LogP contribution in [-0.4, -0.2) is 93.5 Å². The third-order valence-electron chi connectivity index (χ3n) is 8.26. The second kappa shape index (κ2) is 10.9. The number of rotatable bonds is 6. The van der Waals surface area contributed by atoms with Crippen molar-refractivity contribution in [2.75, 3.05) is 39.8 Å². The van der Waals surface area contributed by atoms with Crippen LogP contribution in [0, 0.1) is 0 Å². The van der Waals surface area contributed by atoms with E-state index in [9.17, 15) is 9.90 Å². The zero-order chi connectivity index (χ0) is 25.2. The number of benzene rings is 1. The van der Waals surface area contributed by atoms with E-state index in [-0.39, 0.29) is 5.91 Å². The summed E-state index contributed by atoms with van der Waals surface area (Å²) < 4.78 is 7.46. The summed E-state index contributed by atoms with van der Waals surface area (Å²) in [4.78, 5) is 20.6. The monoisotopic (exact) mass is 495 g/mol. The van der Waals surface area contributed by atoms with Crippen molar-refractivity contribution in [2.45, 2.75) is 77.2 Å². The van der Waals surface area contributed by atoms with Gasteiger partial charge in [0.25, 0.3) is 5.91 Å². The van der Waals surface area contributed by atoms with Crippen molar-refractivity contribution in [3.63, 3.8) is 0 Å². The van der Waals surface area contributed by atoms with Gasteiger partial charge in [0.15, 0.2) is 5.69 Å². The molecule has 1 atom stereocenters. The van der Waals surface area contributed by atoms with E-state index >= 15 is 0 Å². The van der Waals surface area contributed by atoms with Gasteiger partial charge in [0.2, 0.25) is 0 Å². The smallest absolute Gasteiger partial charge is 0.274 e. The van der Waals surface area contributed by atoms with Crippen LogP contribution in [-0.2, 0) is 19.5 Å². The summed E-state index contributed by atoms with van der Waals surface area (Å²) in [7, 11) is 1.68. The summed E-state index contributed by atoms with van der Waals surface area (Å²) in [5, 5.41) is 15.1. The Balaban J connectivity index is 1.41. The van der Waals surface area contributed by atoms with Crippen molar-refractivity contribution in [1.82, 2.24) is 24.5 Å². The van der Waals surface area contributed by atoms with Gasteiger partial charge in [0, 0.05) is 55.9 Å². The molecule has 1 aromatic carbocycles. The second-order valence-electron chi connectivity index (χ2n) is 10.9. The van der Waals surface area contributed by atoms with Crippen molar-refractivity contribution >= 4 is 5.91 Å². The van der Waals surface area contributed by atoms with E-state index in [1.54, 1.807) is 12.0 Å². The summed E-state index contributed by atoms with van der Waals surface area (Å²) in [6.07, 6.45) is 4.39. The van der Waals surface area contributed by atoms with Gasteiger partial charge in [0.05, 0.1) is 19.8 Å². The maximum absolute atomic E-state index is 13.7. The molecule has 1 N–H and O–H groups in total. The lowest BCUT2D eigenvalue weighted by Crippen LogP contribution is -2.48. The van der Waals surface area contributed by atoms with Gasteiger partial charge in [-0.25, -0.2) is 0 Å². The molecular weight excluding hydrogens is 454 g/mol. The van der Waals surface area contributed by atoms with Gasteiger partial charge in [-0.3, -0.25) is 14.4 Å². The minimum absolute atomic E-state index is 0.0362. The number of methoxy groups -OCH3 is 1. The predicted molar refractivity (Wildman–Crippen MR) is 139 cm³/mol. The molecule has 1 aromatic heterocycles. The van der Waals surface area contributed by atoms with Crippen molar-refractivity contribution in [2.24, 2.45) is 0 Å². The maximum Gasteiger partial charge on any atom is 0.274 e. The molecule has 8 nitrogen and oxygen atoms in total. The molecule has 8 heteroatoms. The quantitative estimate of drug-likeness (QED) is 0.664. The van der Waals surface area contributed by atoms with Gasteiger partial charge in [-0.1, -0.05) is 12.1 Å². The number of hydrogen-bond donors (Lipinski definition) is 1. The van der Waals surface area contributed by atoms with Gasteiger partial charge >= 0.3 is 0 Å². The molecule has 5 rings (SSSR count). The van der Waals surface area contributed by atoms with Crippen LogP contribution >= 0.6 is 0 Å². The van der Waals surface area contributed by atoms with Crippen LogP contribution < -0.4 is 4.74 Å². The van der Waals surface area contributed by atoms with Crippen LogP contribution in [0.2, 0.25) is 0 Å². The van der Waals surface area contributed by atoms with E-state index in [4.69, 9.17) is 9.84 Å². The number of carbonyl (C=O) groups excluding carboxylic acids is 1. The number of hydrogen-bond acceptors (Lipinski definition) is 6. The Labute approximate surface area is 214 Å². The molecule has 2 saturated heterocycles. The Hall–Kier alpha value is -2.42. The van der Waals surface area contributed by atoms with Gasteiger partial charge in [-0.2, -0.15) is 5.10 Å². The van der Waals surface area contributed by atoms with Crippen molar-refractivity contribution in [3.8, 4) is 5.75 Å². The third kappa shape index (κ3) is 5.31.